The number of hydrogen-bond donors (Lipinski definition) is 0. The Hall–Kier alpha value is -2.02. The van der Waals surface area contributed by atoms with Crippen molar-refractivity contribution in [1.82, 2.24) is 0 Å². The van der Waals surface area contributed by atoms with Gasteiger partial charge in [-0.1, -0.05) is 61.9 Å². The third kappa shape index (κ3) is 6.06. The van der Waals surface area contributed by atoms with E-state index in [1.165, 1.54) is 75.0 Å². The summed E-state index contributed by atoms with van der Waals surface area (Å²) >= 11 is 0. The van der Waals surface area contributed by atoms with Crippen LogP contribution in [0.2, 0.25) is 0 Å². The number of unbranched alkanes of at least 4 members (excludes halogenated alkanes) is 1. The smallest absolute Gasteiger partial charge is 0.120 e. The molecule has 4 rings (SSSR count). The Labute approximate surface area is 195 Å². The van der Waals surface area contributed by atoms with Crippen LogP contribution in [0.1, 0.15) is 89.5 Å². The third-order valence-electron chi connectivity index (χ3n) is 8.01. The molecule has 32 heavy (non-hydrogen) atoms. The summed E-state index contributed by atoms with van der Waals surface area (Å²) in [5, 5.41) is 2.63. The van der Waals surface area contributed by atoms with Gasteiger partial charge in [0.15, 0.2) is 0 Å². The molecule has 1 heteroatoms. The molecule has 172 valence electrons. The number of fused-ring (bicyclic) bond motifs is 1. The average Bonchev–Trinajstić information content (AvgIpc) is 2.85. The quantitative estimate of drug-likeness (QED) is 0.379. The Bertz CT molecular complexity index is 892. The second kappa shape index (κ2) is 11.7. The van der Waals surface area contributed by atoms with Gasteiger partial charge in [-0.3, -0.25) is 0 Å². The van der Waals surface area contributed by atoms with Crippen molar-refractivity contribution in [2.45, 2.75) is 84.0 Å². The predicted molar refractivity (Wildman–Crippen MR) is 138 cm³/mol. The minimum absolute atomic E-state index is 0.639. The summed E-state index contributed by atoms with van der Waals surface area (Å²) in [5.41, 5.74) is 1.54. The van der Waals surface area contributed by atoms with Gasteiger partial charge in [0.25, 0.3) is 0 Å². The highest BCUT2D eigenvalue weighted by molar-refractivity contribution is 5.84. The van der Waals surface area contributed by atoms with Gasteiger partial charge in [0.1, 0.15) is 12.4 Å². The van der Waals surface area contributed by atoms with Crippen molar-refractivity contribution in [2.24, 2.45) is 17.8 Å². The number of ether oxygens (including phenoxy) is 1. The van der Waals surface area contributed by atoms with E-state index in [0.29, 0.717) is 6.61 Å². The molecule has 2 saturated carbocycles. The average molecular weight is 431 g/mol. The summed E-state index contributed by atoms with van der Waals surface area (Å²) in [6, 6.07) is 13.6. The molecule has 0 bridgehead atoms. The second-order valence-electron chi connectivity index (χ2n) is 10.2. The molecule has 0 atom stereocenters. The Balaban J connectivity index is 1.29. The number of benzene rings is 2. The number of rotatable bonds is 8. The van der Waals surface area contributed by atoms with Gasteiger partial charge in [-0.15, -0.1) is 0 Å². The fraction of sp³-hybridized carbons (Fsp3) is 0.548. The van der Waals surface area contributed by atoms with Crippen molar-refractivity contribution in [2.75, 3.05) is 6.61 Å². The van der Waals surface area contributed by atoms with Crippen LogP contribution < -0.4 is 4.74 Å². The first-order valence-corrected chi connectivity index (χ1v) is 13.2. The molecule has 2 aliphatic rings. The zero-order chi connectivity index (χ0) is 22.2. The fourth-order valence-electron chi connectivity index (χ4n) is 6.01. The van der Waals surface area contributed by atoms with Crippen LogP contribution in [-0.4, -0.2) is 6.61 Å². The van der Waals surface area contributed by atoms with Crippen molar-refractivity contribution in [3.8, 4) is 5.75 Å². The maximum atomic E-state index is 5.81. The van der Waals surface area contributed by atoms with Crippen molar-refractivity contribution in [3.63, 3.8) is 0 Å². The second-order valence-corrected chi connectivity index (χ2v) is 10.2. The van der Waals surface area contributed by atoms with E-state index in [9.17, 15) is 0 Å². The van der Waals surface area contributed by atoms with E-state index in [-0.39, 0.29) is 0 Å². The predicted octanol–water partition coefficient (Wildman–Crippen LogP) is 9.23. The van der Waals surface area contributed by atoms with Gasteiger partial charge in [0.05, 0.1) is 0 Å². The first kappa shape index (κ1) is 23.1. The molecule has 0 heterocycles. The Morgan fingerprint density at radius 1 is 0.812 bits per heavy atom. The standard InChI is InChI=1S/C31H42O/c1-3-5-7-8-24-9-11-25(12-10-24)26-13-15-27(16-14-26)28-17-18-30-23-31(32-21-6-4-2)20-19-29(30)22-28/h4,6-8,17-20,22-27H,3,5,9-16,21H2,1-2H3/b6-4?,8-7+. The lowest BCUT2D eigenvalue weighted by Crippen LogP contribution is -2.25. The summed E-state index contributed by atoms with van der Waals surface area (Å²) in [4.78, 5) is 0. The molecular weight excluding hydrogens is 388 g/mol. The van der Waals surface area contributed by atoms with E-state index < -0.39 is 0 Å². The molecule has 0 spiro atoms. The molecule has 0 aliphatic heterocycles. The highest BCUT2D eigenvalue weighted by atomic mass is 16.5. The van der Waals surface area contributed by atoms with Gasteiger partial charge < -0.3 is 4.74 Å². The number of hydrogen-bond acceptors (Lipinski definition) is 1. The van der Waals surface area contributed by atoms with E-state index in [1.807, 2.05) is 19.1 Å². The Kier molecular flexibility index (Phi) is 8.49. The molecule has 2 aromatic rings. The van der Waals surface area contributed by atoms with Crippen molar-refractivity contribution < 1.29 is 4.74 Å². The molecule has 0 radical (unpaired) electrons. The zero-order valence-corrected chi connectivity index (χ0v) is 20.3. The van der Waals surface area contributed by atoms with Crippen LogP contribution in [0.5, 0.6) is 5.75 Å². The van der Waals surface area contributed by atoms with E-state index >= 15 is 0 Å². The van der Waals surface area contributed by atoms with Crippen LogP contribution in [0.3, 0.4) is 0 Å². The summed E-state index contributed by atoms with van der Waals surface area (Å²) in [6.07, 6.45) is 22.9. The molecule has 0 amide bonds. The molecule has 1 nitrogen and oxygen atoms in total. The molecular formula is C31H42O. The van der Waals surface area contributed by atoms with Gasteiger partial charge in [0.2, 0.25) is 0 Å². The Morgan fingerprint density at radius 3 is 2.22 bits per heavy atom. The SMILES string of the molecule is CC=CCOc1ccc2cc(C3CCC(C4CCC(/C=C/CCC)CC4)CC3)ccc2c1. The Morgan fingerprint density at radius 2 is 1.50 bits per heavy atom. The van der Waals surface area contributed by atoms with E-state index in [1.54, 1.807) is 5.56 Å². The summed E-state index contributed by atoms with van der Waals surface area (Å²) < 4.78 is 5.81. The van der Waals surface area contributed by atoms with Gasteiger partial charge in [0, 0.05) is 0 Å². The summed E-state index contributed by atoms with van der Waals surface area (Å²) in [5.74, 6) is 4.53. The summed E-state index contributed by atoms with van der Waals surface area (Å²) in [6.45, 7) is 4.94. The van der Waals surface area contributed by atoms with Crippen LogP contribution >= 0.6 is 0 Å². The summed E-state index contributed by atoms with van der Waals surface area (Å²) in [7, 11) is 0. The van der Waals surface area contributed by atoms with Crippen molar-refractivity contribution >= 4 is 10.8 Å². The maximum absolute atomic E-state index is 5.81. The topological polar surface area (TPSA) is 9.23 Å². The number of allylic oxidation sites excluding steroid dienone is 3. The molecule has 0 aromatic heterocycles. The van der Waals surface area contributed by atoms with Gasteiger partial charge >= 0.3 is 0 Å². The van der Waals surface area contributed by atoms with Crippen LogP contribution in [0.25, 0.3) is 10.8 Å². The van der Waals surface area contributed by atoms with Crippen molar-refractivity contribution in [1.29, 1.82) is 0 Å². The normalized spacial score (nSPS) is 26.8. The lowest BCUT2D eigenvalue weighted by Gasteiger charge is -2.37. The molecule has 2 aromatic carbocycles. The van der Waals surface area contributed by atoms with E-state index in [4.69, 9.17) is 4.74 Å². The molecule has 0 saturated heterocycles. The van der Waals surface area contributed by atoms with E-state index in [2.05, 4.69) is 55.5 Å². The van der Waals surface area contributed by atoms with Gasteiger partial charge in [-0.05, 0) is 117 Å². The first-order valence-electron chi connectivity index (χ1n) is 13.2. The lowest BCUT2D eigenvalue weighted by atomic mass is 9.68. The largest absolute Gasteiger partial charge is 0.490 e. The van der Waals surface area contributed by atoms with Crippen LogP contribution in [0, 0.1) is 17.8 Å². The third-order valence-corrected chi connectivity index (χ3v) is 8.01. The monoisotopic (exact) mass is 430 g/mol. The highest BCUT2D eigenvalue weighted by Crippen LogP contribution is 2.44. The fourth-order valence-corrected chi connectivity index (χ4v) is 6.01. The van der Waals surface area contributed by atoms with Crippen LogP contribution in [0.15, 0.2) is 60.7 Å². The van der Waals surface area contributed by atoms with E-state index in [0.717, 1.165) is 29.4 Å². The minimum atomic E-state index is 0.639. The van der Waals surface area contributed by atoms with Crippen LogP contribution in [0.4, 0.5) is 0 Å². The maximum Gasteiger partial charge on any atom is 0.120 e. The minimum Gasteiger partial charge on any atom is -0.490 e. The van der Waals surface area contributed by atoms with Gasteiger partial charge in [-0.25, -0.2) is 0 Å². The lowest BCUT2D eigenvalue weighted by molar-refractivity contribution is 0.171. The van der Waals surface area contributed by atoms with Crippen LogP contribution in [-0.2, 0) is 0 Å². The molecule has 0 N–H and O–H groups in total. The zero-order valence-electron chi connectivity index (χ0n) is 20.3. The molecule has 2 aliphatic carbocycles. The molecule has 0 unspecified atom stereocenters. The molecule has 2 fully saturated rings. The van der Waals surface area contributed by atoms with Crippen molar-refractivity contribution in [3.05, 3.63) is 66.3 Å². The van der Waals surface area contributed by atoms with Gasteiger partial charge in [-0.2, -0.15) is 0 Å². The highest BCUT2D eigenvalue weighted by Gasteiger charge is 2.30. The first-order chi connectivity index (χ1) is 15.8.